The summed E-state index contributed by atoms with van der Waals surface area (Å²) in [5, 5.41) is 5.54. The zero-order valence-corrected chi connectivity index (χ0v) is 29.7. The number of pyridine rings is 1. The summed E-state index contributed by atoms with van der Waals surface area (Å²) in [5.41, 5.74) is 1.68. The Morgan fingerprint density at radius 3 is 2.10 bits per heavy atom. The van der Waals surface area contributed by atoms with Crippen LogP contribution in [-0.2, 0) is 30.2 Å². The van der Waals surface area contributed by atoms with Crippen LogP contribution in [0.25, 0.3) is 6.08 Å². The fourth-order valence-corrected chi connectivity index (χ4v) is 5.80. The lowest BCUT2D eigenvalue weighted by Gasteiger charge is -2.37. The fraction of sp³-hybridized carbons (Fsp3) is 0.282. The van der Waals surface area contributed by atoms with E-state index >= 15 is 0 Å². The second-order valence-electron chi connectivity index (χ2n) is 13.3. The van der Waals surface area contributed by atoms with Crippen LogP contribution in [0.2, 0.25) is 18.1 Å². The third-order valence-electron chi connectivity index (χ3n) is 8.55. The Morgan fingerprint density at radius 2 is 1.47 bits per heavy atom. The molecule has 2 atom stereocenters. The van der Waals surface area contributed by atoms with Gasteiger partial charge in [0.1, 0.15) is 18.3 Å². The Labute approximate surface area is 289 Å². The van der Waals surface area contributed by atoms with Crippen molar-refractivity contribution in [3.63, 3.8) is 0 Å². The minimum absolute atomic E-state index is 0.0150. The molecule has 0 bridgehead atoms. The number of nitrogens with one attached hydrogen (secondary N) is 2. The maximum absolute atomic E-state index is 14.2. The summed E-state index contributed by atoms with van der Waals surface area (Å²) in [4.78, 5) is 53.8. The van der Waals surface area contributed by atoms with Crippen LogP contribution in [0.1, 0.15) is 49.9 Å². The van der Waals surface area contributed by atoms with Gasteiger partial charge in [0.25, 0.3) is 5.56 Å². The number of benzene rings is 3. The van der Waals surface area contributed by atoms with Gasteiger partial charge in [-0.3, -0.25) is 23.7 Å². The van der Waals surface area contributed by atoms with Crippen LogP contribution < -0.4 is 16.2 Å². The number of hydrogen-bond donors (Lipinski definition) is 2. The highest BCUT2D eigenvalue weighted by atomic mass is 28.4. The summed E-state index contributed by atoms with van der Waals surface area (Å²) in [5.74, 6) is -1.49. The Morgan fingerprint density at radius 1 is 0.857 bits per heavy atom. The molecule has 0 aliphatic rings. The van der Waals surface area contributed by atoms with E-state index in [0.29, 0.717) is 5.56 Å². The molecule has 0 saturated heterocycles. The van der Waals surface area contributed by atoms with Crippen LogP contribution in [0.15, 0.2) is 120 Å². The molecule has 1 unspecified atom stereocenters. The third-order valence-corrected chi connectivity index (χ3v) is 13.1. The monoisotopic (exact) mass is 679 g/mol. The minimum atomic E-state index is -2.26. The molecule has 256 valence electrons. The Kier molecular flexibility index (Phi) is 12.6. The number of hydrogen-bond acceptors (Lipinski definition) is 6. The van der Waals surface area contributed by atoms with Crippen LogP contribution in [-0.4, -0.2) is 43.3 Å². The number of carbonyl (C=O) groups is 3. The van der Waals surface area contributed by atoms with E-state index in [1.54, 1.807) is 36.4 Å². The molecule has 10 heteroatoms. The Balaban J connectivity index is 1.59. The number of carbonyl (C=O) groups excluding carboxylic acids is 3. The quantitative estimate of drug-likeness (QED) is 0.0868. The molecule has 1 aromatic heterocycles. The molecule has 49 heavy (non-hydrogen) atoms. The summed E-state index contributed by atoms with van der Waals surface area (Å²) in [6, 6.07) is 28.8. The molecule has 0 radical (unpaired) electrons. The van der Waals surface area contributed by atoms with Gasteiger partial charge in [-0.2, -0.15) is 0 Å². The summed E-state index contributed by atoms with van der Waals surface area (Å²) >= 11 is 0. The topological polar surface area (TPSA) is 116 Å². The highest BCUT2D eigenvalue weighted by Crippen LogP contribution is 2.36. The van der Waals surface area contributed by atoms with Crippen LogP contribution in [0.3, 0.4) is 0 Å². The molecule has 9 nitrogen and oxygen atoms in total. The van der Waals surface area contributed by atoms with Crippen molar-refractivity contribution in [2.75, 3.05) is 11.9 Å². The number of aromatic nitrogens is 1. The summed E-state index contributed by atoms with van der Waals surface area (Å²) in [6.07, 6.45) is 4.36. The smallest absolute Gasteiger partial charge is 0.308 e. The number of esters is 1. The molecule has 1 heterocycles. The second-order valence-corrected chi connectivity index (χ2v) is 18.1. The highest BCUT2D eigenvalue weighted by Gasteiger charge is 2.38. The molecular formula is C39H45N3O6Si. The van der Waals surface area contributed by atoms with E-state index < -0.39 is 43.7 Å². The van der Waals surface area contributed by atoms with Gasteiger partial charge < -0.3 is 19.8 Å². The molecule has 0 fully saturated rings. The number of ether oxygens (including phenoxy) is 1. The van der Waals surface area contributed by atoms with E-state index in [0.717, 1.165) is 11.1 Å². The average Bonchev–Trinajstić information content (AvgIpc) is 3.08. The van der Waals surface area contributed by atoms with Gasteiger partial charge in [0.15, 0.2) is 8.32 Å². The maximum atomic E-state index is 14.2. The fourth-order valence-electron chi connectivity index (χ4n) is 4.75. The minimum Gasteiger partial charge on any atom is -0.461 e. The van der Waals surface area contributed by atoms with Crippen molar-refractivity contribution in [2.45, 2.75) is 64.0 Å². The van der Waals surface area contributed by atoms with Crippen LogP contribution in [0.4, 0.5) is 5.69 Å². The highest BCUT2D eigenvalue weighted by molar-refractivity contribution is 6.74. The summed E-state index contributed by atoms with van der Waals surface area (Å²) in [7, 11) is -2.26. The lowest BCUT2D eigenvalue weighted by molar-refractivity contribution is -0.146. The first kappa shape index (κ1) is 36.8. The van der Waals surface area contributed by atoms with Crippen molar-refractivity contribution in [1.82, 2.24) is 9.88 Å². The molecule has 0 spiro atoms. The van der Waals surface area contributed by atoms with E-state index in [1.165, 1.54) is 22.9 Å². The van der Waals surface area contributed by atoms with Crippen LogP contribution in [0, 0.1) is 0 Å². The van der Waals surface area contributed by atoms with Gasteiger partial charge in [0.2, 0.25) is 11.8 Å². The molecule has 0 aliphatic heterocycles. The maximum Gasteiger partial charge on any atom is 0.308 e. The predicted molar refractivity (Wildman–Crippen MR) is 195 cm³/mol. The van der Waals surface area contributed by atoms with E-state index in [4.69, 9.17) is 9.16 Å². The molecule has 4 rings (SSSR count). The molecule has 2 N–H and O–H groups in total. The third kappa shape index (κ3) is 10.7. The summed E-state index contributed by atoms with van der Waals surface area (Å²) < 4.78 is 13.3. The molecule has 0 saturated carbocycles. The van der Waals surface area contributed by atoms with Gasteiger partial charge in [-0.1, -0.05) is 112 Å². The van der Waals surface area contributed by atoms with Crippen molar-refractivity contribution in [2.24, 2.45) is 0 Å². The van der Waals surface area contributed by atoms with E-state index in [-0.39, 0.29) is 30.4 Å². The molecule has 4 aromatic rings. The molecule has 0 aliphatic carbocycles. The van der Waals surface area contributed by atoms with Gasteiger partial charge >= 0.3 is 5.97 Å². The van der Waals surface area contributed by atoms with E-state index in [9.17, 15) is 19.2 Å². The lowest BCUT2D eigenvalue weighted by atomic mass is 10.0. The van der Waals surface area contributed by atoms with Crippen LogP contribution in [0.5, 0.6) is 0 Å². The molecular weight excluding hydrogens is 635 g/mol. The number of anilines is 1. The number of amides is 2. The number of nitrogens with zero attached hydrogens (tertiary/aromatic N) is 1. The Bertz CT molecular complexity index is 1780. The second kappa shape index (κ2) is 16.9. The number of rotatable bonds is 14. The molecule has 2 amide bonds. The zero-order valence-electron chi connectivity index (χ0n) is 28.7. The van der Waals surface area contributed by atoms with Crippen molar-refractivity contribution in [3.05, 3.63) is 142 Å². The SMILES string of the molecule is CC(C)(C)[Si](C)(C)OC[C@H](CC(=O)OCc1ccccc1)NC(=O)C(c1ccccc1)n1cccc(NC(=O)/C=C/c2ccccc2)c1=O. The van der Waals surface area contributed by atoms with Gasteiger partial charge in [-0.05, 0) is 53.0 Å². The van der Waals surface area contributed by atoms with Crippen molar-refractivity contribution >= 4 is 37.9 Å². The first-order chi connectivity index (χ1) is 23.3. The first-order valence-electron chi connectivity index (χ1n) is 16.3. The van der Waals surface area contributed by atoms with Crippen molar-refractivity contribution < 1.29 is 23.5 Å². The Hall–Kier alpha value is -5.06. The largest absolute Gasteiger partial charge is 0.461 e. The van der Waals surface area contributed by atoms with E-state index in [1.807, 2.05) is 66.7 Å². The van der Waals surface area contributed by atoms with Crippen molar-refractivity contribution in [1.29, 1.82) is 0 Å². The normalized spacial score (nSPS) is 13.0. The summed E-state index contributed by atoms with van der Waals surface area (Å²) in [6.45, 7) is 10.7. The lowest BCUT2D eigenvalue weighted by Crippen LogP contribution is -2.49. The van der Waals surface area contributed by atoms with E-state index in [2.05, 4.69) is 44.5 Å². The zero-order chi connectivity index (χ0) is 35.4. The first-order valence-corrected chi connectivity index (χ1v) is 19.2. The van der Waals surface area contributed by atoms with Gasteiger partial charge in [0, 0.05) is 12.3 Å². The molecule has 3 aromatic carbocycles. The van der Waals surface area contributed by atoms with Gasteiger partial charge in [-0.15, -0.1) is 0 Å². The van der Waals surface area contributed by atoms with Crippen LogP contribution >= 0.6 is 0 Å². The standard InChI is InChI=1S/C39H45N3O6Si/c1-39(2,3)49(4,5)48-28-32(26-35(44)47-27-30-18-11-7-12-19-30)40-37(45)36(31-20-13-8-14-21-31)42-25-15-22-33(38(42)46)41-34(43)24-23-29-16-9-6-10-17-29/h6-25,32,36H,26-28H2,1-5H3,(H,40,45)(H,41,43)/b24-23+/t32-,36?/m0/s1. The van der Waals surface area contributed by atoms with Crippen molar-refractivity contribution in [3.8, 4) is 0 Å². The van der Waals surface area contributed by atoms with Gasteiger partial charge in [-0.25, -0.2) is 0 Å². The van der Waals surface area contributed by atoms with Gasteiger partial charge in [0.05, 0.1) is 19.1 Å². The average molecular weight is 680 g/mol. The predicted octanol–water partition coefficient (Wildman–Crippen LogP) is 6.73.